The monoisotopic (exact) mass is 181 g/mol. The van der Waals surface area contributed by atoms with Gasteiger partial charge in [0.15, 0.2) is 0 Å². The van der Waals surface area contributed by atoms with Crippen LogP contribution in [0.5, 0.6) is 0 Å². The Balaban J connectivity index is 0.000000167. The molecule has 0 unspecified atom stereocenters. The van der Waals surface area contributed by atoms with Crippen molar-refractivity contribution in [1.82, 2.24) is 0 Å². The molecule has 0 aliphatic rings. The summed E-state index contributed by atoms with van der Waals surface area (Å²) in [7, 11) is 0. The van der Waals surface area contributed by atoms with E-state index in [1.807, 2.05) is 60.7 Å². The zero-order valence-corrected chi connectivity index (χ0v) is 7.62. The van der Waals surface area contributed by atoms with Gasteiger partial charge in [-0.15, -0.1) is 0 Å². The van der Waals surface area contributed by atoms with Gasteiger partial charge in [-0.2, -0.15) is 36.4 Å². The smallest absolute Gasteiger partial charge is 0.214 e. The van der Waals surface area contributed by atoms with E-state index in [1.165, 1.54) is 0 Å². The summed E-state index contributed by atoms with van der Waals surface area (Å²) in [6, 6.07) is 20.0. The Morgan fingerprint density at radius 3 is 0.909 bits per heavy atom. The van der Waals surface area contributed by atoms with Gasteiger partial charge in [0.2, 0.25) is 0 Å². The fraction of sp³-hybridized carbons (Fsp3) is 0. The van der Waals surface area contributed by atoms with Crippen molar-refractivity contribution in [2.75, 3.05) is 0 Å². The second-order valence-electron chi connectivity index (χ2n) is 1.92. The molecule has 1 radical (unpaired) electrons. The van der Waals surface area contributed by atoms with Crippen LogP contribution in [0.2, 0.25) is 0 Å². The molecule has 11 heavy (non-hydrogen) atoms. The van der Waals surface area contributed by atoms with Crippen LogP contribution in [0, 0.1) is 0 Å². The van der Waals surface area contributed by atoms with Crippen molar-refractivity contribution in [3.8, 4) is 0 Å². The number of hydrogen-bond donors (Lipinski definition) is 0. The average molecular weight is 181 g/mol. The summed E-state index contributed by atoms with van der Waals surface area (Å²) < 4.78 is 0. The zero-order chi connectivity index (χ0) is 7.07. The molecule has 0 spiro atoms. The molecule has 0 heterocycles. The minimum Gasteiger partial charge on any atom is -0.214 e. The van der Waals surface area contributed by atoms with Crippen LogP contribution in [0.15, 0.2) is 60.7 Å². The molecule has 0 aromatic heterocycles. The van der Waals surface area contributed by atoms with Gasteiger partial charge in [-0.3, -0.25) is 0 Å². The Bertz CT molecular complexity index is 144. The molecular formula is C10H10V+2. The van der Waals surface area contributed by atoms with Gasteiger partial charge in [-0.1, -0.05) is 0 Å². The maximum Gasteiger partial charge on any atom is 4.00 e. The molecule has 0 saturated carbocycles. The zero-order valence-electron chi connectivity index (χ0n) is 6.22. The molecule has 2 aromatic rings. The summed E-state index contributed by atoms with van der Waals surface area (Å²) >= 11 is 0. The minimum atomic E-state index is 0. The van der Waals surface area contributed by atoms with Crippen LogP contribution in [0.4, 0.5) is 0 Å². The van der Waals surface area contributed by atoms with E-state index in [1.54, 1.807) is 0 Å². The van der Waals surface area contributed by atoms with E-state index in [0.29, 0.717) is 0 Å². The van der Waals surface area contributed by atoms with E-state index in [2.05, 4.69) is 0 Å². The normalized spacial score (nSPS) is 7.27. The van der Waals surface area contributed by atoms with Crippen molar-refractivity contribution >= 4 is 0 Å². The van der Waals surface area contributed by atoms with Crippen molar-refractivity contribution in [3.63, 3.8) is 0 Å². The van der Waals surface area contributed by atoms with Crippen molar-refractivity contribution in [2.45, 2.75) is 0 Å². The van der Waals surface area contributed by atoms with Crippen LogP contribution in [0.1, 0.15) is 0 Å². The standard InChI is InChI=1S/2C5H5.V/c2*1-2-4-5-3-1;/h2*1-5H;/q2*-1;+4. The Hall–Kier alpha value is -0.716. The maximum absolute atomic E-state index is 2.00. The number of hydrogen-bond acceptors (Lipinski definition) is 0. The molecule has 0 aliphatic carbocycles. The summed E-state index contributed by atoms with van der Waals surface area (Å²) in [4.78, 5) is 0. The summed E-state index contributed by atoms with van der Waals surface area (Å²) in [5, 5.41) is 0. The van der Waals surface area contributed by atoms with Crippen molar-refractivity contribution in [1.29, 1.82) is 0 Å². The molecule has 53 valence electrons. The third-order valence-corrected chi connectivity index (χ3v) is 1.11. The first kappa shape index (κ1) is 10.3. The predicted molar refractivity (Wildman–Crippen MR) is 44.1 cm³/mol. The van der Waals surface area contributed by atoms with E-state index >= 15 is 0 Å². The summed E-state index contributed by atoms with van der Waals surface area (Å²) in [6.07, 6.45) is 0. The van der Waals surface area contributed by atoms with Gasteiger partial charge in [0.25, 0.3) is 0 Å². The summed E-state index contributed by atoms with van der Waals surface area (Å²) in [5.74, 6) is 0. The fourth-order valence-corrected chi connectivity index (χ4v) is 0.642. The quantitative estimate of drug-likeness (QED) is 0.548. The van der Waals surface area contributed by atoms with Gasteiger partial charge in [-0.05, 0) is 0 Å². The molecule has 1 heteroatoms. The second-order valence-corrected chi connectivity index (χ2v) is 1.92. The third-order valence-electron chi connectivity index (χ3n) is 1.11. The molecule has 2 rings (SSSR count). The third kappa shape index (κ3) is 5.72. The molecule has 0 nitrogen and oxygen atoms in total. The SMILES string of the molecule is [V+4].c1cc[cH-]c1.c1cc[cH-]c1. The largest absolute Gasteiger partial charge is 4.00 e. The van der Waals surface area contributed by atoms with Crippen LogP contribution in [0.25, 0.3) is 0 Å². The predicted octanol–water partition coefficient (Wildman–Crippen LogP) is 2.81. The van der Waals surface area contributed by atoms with Gasteiger partial charge >= 0.3 is 18.6 Å². The van der Waals surface area contributed by atoms with E-state index in [9.17, 15) is 0 Å². The molecule has 0 fully saturated rings. The van der Waals surface area contributed by atoms with E-state index in [0.717, 1.165) is 0 Å². The van der Waals surface area contributed by atoms with Crippen molar-refractivity contribution in [3.05, 3.63) is 60.7 Å². The Labute approximate surface area is 79.5 Å². The van der Waals surface area contributed by atoms with Crippen LogP contribution in [0.3, 0.4) is 0 Å². The number of rotatable bonds is 0. The van der Waals surface area contributed by atoms with Crippen LogP contribution < -0.4 is 0 Å². The first-order valence-corrected chi connectivity index (χ1v) is 3.33. The van der Waals surface area contributed by atoms with E-state index in [-0.39, 0.29) is 18.6 Å². The van der Waals surface area contributed by atoms with Gasteiger partial charge in [0.1, 0.15) is 0 Å². The van der Waals surface area contributed by atoms with Gasteiger partial charge in [0, 0.05) is 0 Å². The second kappa shape index (κ2) is 7.39. The Morgan fingerprint density at radius 2 is 0.818 bits per heavy atom. The molecule has 0 amide bonds. The first-order chi connectivity index (χ1) is 5.00. The van der Waals surface area contributed by atoms with Crippen molar-refractivity contribution < 1.29 is 18.6 Å². The van der Waals surface area contributed by atoms with Gasteiger partial charge in [-0.25, -0.2) is 24.3 Å². The molecule has 0 N–H and O–H groups in total. The Morgan fingerprint density at radius 1 is 0.545 bits per heavy atom. The van der Waals surface area contributed by atoms with E-state index in [4.69, 9.17) is 0 Å². The Kier molecular flexibility index (Phi) is 6.91. The maximum atomic E-state index is 2.00. The van der Waals surface area contributed by atoms with Crippen LogP contribution >= 0.6 is 0 Å². The fourth-order valence-electron chi connectivity index (χ4n) is 0.642. The molecule has 0 bridgehead atoms. The van der Waals surface area contributed by atoms with Crippen LogP contribution in [-0.2, 0) is 18.6 Å². The molecule has 2 aromatic carbocycles. The topological polar surface area (TPSA) is 0 Å². The van der Waals surface area contributed by atoms with Crippen molar-refractivity contribution in [2.24, 2.45) is 0 Å². The van der Waals surface area contributed by atoms with Crippen LogP contribution in [-0.4, -0.2) is 0 Å². The molecular weight excluding hydrogens is 171 g/mol. The molecule has 0 atom stereocenters. The molecule has 0 saturated heterocycles. The van der Waals surface area contributed by atoms with E-state index < -0.39 is 0 Å². The average Bonchev–Trinajstić information content (AvgIpc) is 2.67. The van der Waals surface area contributed by atoms with Gasteiger partial charge in [0.05, 0.1) is 0 Å². The van der Waals surface area contributed by atoms with Gasteiger partial charge < -0.3 is 0 Å². The summed E-state index contributed by atoms with van der Waals surface area (Å²) in [5.41, 5.74) is 0. The first-order valence-electron chi connectivity index (χ1n) is 3.33. The molecule has 0 aliphatic heterocycles. The summed E-state index contributed by atoms with van der Waals surface area (Å²) in [6.45, 7) is 0. The minimum absolute atomic E-state index is 0.